The Kier molecular flexibility index (Phi) is 5.10. The Balaban J connectivity index is 1.58. The quantitative estimate of drug-likeness (QED) is 0.595. The first kappa shape index (κ1) is 20.2. The molecule has 32 heavy (non-hydrogen) atoms. The molecule has 0 saturated carbocycles. The molecule has 0 bridgehead atoms. The van der Waals surface area contributed by atoms with E-state index in [0.29, 0.717) is 24.4 Å². The molecule has 0 unspecified atom stereocenters. The molecule has 0 N–H and O–H groups in total. The van der Waals surface area contributed by atoms with Gasteiger partial charge in [0.2, 0.25) is 0 Å². The number of fused-ring (bicyclic) bond motifs is 1. The normalized spacial score (nSPS) is 16.1. The molecule has 0 aliphatic carbocycles. The van der Waals surface area contributed by atoms with Crippen LogP contribution in [0.4, 0.5) is 0 Å². The van der Waals surface area contributed by atoms with Gasteiger partial charge in [0, 0.05) is 25.5 Å². The molecule has 3 heterocycles. The average molecular weight is 424 g/mol. The van der Waals surface area contributed by atoms with E-state index in [1.165, 1.54) is 16.0 Å². The van der Waals surface area contributed by atoms with Crippen molar-refractivity contribution in [2.75, 3.05) is 6.54 Å². The van der Waals surface area contributed by atoms with Crippen LogP contribution in [0.5, 0.6) is 0 Å². The maximum atomic E-state index is 13.7. The lowest BCUT2D eigenvalue weighted by molar-refractivity contribution is -0.138. The predicted molar refractivity (Wildman–Crippen MR) is 123 cm³/mol. The Morgan fingerprint density at radius 2 is 1.62 bits per heavy atom. The van der Waals surface area contributed by atoms with Crippen molar-refractivity contribution >= 4 is 17.4 Å². The van der Waals surface area contributed by atoms with E-state index in [4.69, 9.17) is 0 Å². The lowest BCUT2D eigenvalue weighted by Crippen LogP contribution is -2.37. The molecule has 3 aromatic rings. The van der Waals surface area contributed by atoms with Gasteiger partial charge >= 0.3 is 0 Å². The summed E-state index contributed by atoms with van der Waals surface area (Å²) in [6.45, 7) is 5.66. The molecule has 1 aromatic heterocycles. The van der Waals surface area contributed by atoms with E-state index in [0.717, 1.165) is 28.7 Å². The van der Waals surface area contributed by atoms with E-state index in [9.17, 15) is 9.59 Å². The van der Waals surface area contributed by atoms with Crippen molar-refractivity contribution in [2.24, 2.45) is 0 Å². The van der Waals surface area contributed by atoms with Crippen LogP contribution in [0.3, 0.4) is 0 Å². The van der Waals surface area contributed by atoms with Crippen LogP contribution < -0.4 is 0 Å². The number of benzene rings is 2. The summed E-state index contributed by atoms with van der Waals surface area (Å²) in [6, 6.07) is 18.0. The smallest absolute Gasteiger partial charge is 0.278 e. The van der Waals surface area contributed by atoms with E-state index in [1.54, 1.807) is 12.4 Å². The standard InChI is InChI=1S/C27H25N3O2/c1-18-7-8-22(15-19(18)2)24-25(29-14-11-21-5-3-4-6-23(21)17-29)27(32)30(26(24)31)16-20-9-12-28-13-10-20/h3-10,12-13,15H,11,14,16-17H2,1-2H3. The Morgan fingerprint density at radius 1 is 0.875 bits per heavy atom. The number of imide groups is 1. The Morgan fingerprint density at radius 3 is 2.38 bits per heavy atom. The van der Waals surface area contributed by atoms with E-state index in [2.05, 4.69) is 28.1 Å². The summed E-state index contributed by atoms with van der Waals surface area (Å²) < 4.78 is 0. The maximum absolute atomic E-state index is 13.7. The molecule has 5 rings (SSSR count). The summed E-state index contributed by atoms with van der Waals surface area (Å²) in [4.78, 5) is 34.8. The lowest BCUT2D eigenvalue weighted by atomic mass is 9.96. The third-order valence-corrected chi connectivity index (χ3v) is 6.48. The number of carbonyl (C=O) groups is 2. The Labute approximate surface area is 188 Å². The van der Waals surface area contributed by atoms with Gasteiger partial charge in [-0.2, -0.15) is 0 Å². The monoisotopic (exact) mass is 423 g/mol. The summed E-state index contributed by atoms with van der Waals surface area (Å²) in [6.07, 6.45) is 4.22. The summed E-state index contributed by atoms with van der Waals surface area (Å²) in [7, 11) is 0. The highest BCUT2D eigenvalue weighted by Crippen LogP contribution is 2.35. The summed E-state index contributed by atoms with van der Waals surface area (Å²) in [5, 5.41) is 0. The minimum Gasteiger partial charge on any atom is -0.362 e. The van der Waals surface area contributed by atoms with Crippen LogP contribution in [-0.4, -0.2) is 33.1 Å². The second-order valence-corrected chi connectivity index (χ2v) is 8.51. The van der Waals surface area contributed by atoms with Gasteiger partial charge < -0.3 is 4.90 Å². The van der Waals surface area contributed by atoms with Crippen LogP contribution in [0.25, 0.3) is 5.57 Å². The van der Waals surface area contributed by atoms with Crippen LogP contribution in [0.15, 0.2) is 72.7 Å². The molecule has 0 spiro atoms. The highest BCUT2D eigenvalue weighted by molar-refractivity contribution is 6.35. The number of aromatic nitrogens is 1. The third kappa shape index (κ3) is 3.50. The molecule has 0 atom stereocenters. The molecule has 2 aliphatic rings. The van der Waals surface area contributed by atoms with E-state index in [-0.39, 0.29) is 18.4 Å². The fourth-order valence-electron chi connectivity index (χ4n) is 4.51. The van der Waals surface area contributed by atoms with Gasteiger partial charge in [0.15, 0.2) is 0 Å². The van der Waals surface area contributed by atoms with Crippen LogP contribution in [0.1, 0.15) is 33.4 Å². The van der Waals surface area contributed by atoms with Gasteiger partial charge in [-0.15, -0.1) is 0 Å². The SMILES string of the molecule is Cc1ccc(C2=C(N3CCc4ccccc4C3)C(=O)N(Cc3ccncc3)C2=O)cc1C. The molecular weight excluding hydrogens is 398 g/mol. The number of aryl methyl sites for hydroxylation is 2. The topological polar surface area (TPSA) is 53.5 Å². The Bertz CT molecular complexity index is 1250. The number of hydrogen-bond donors (Lipinski definition) is 0. The van der Waals surface area contributed by atoms with Crippen molar-refractivity contribution in [1.29, 1.82) is 0 Å². The highest BCUT2D eigenvalue weighted by atomic mass is 16.2. The van der Waals surface area contributed by atoms with E-state index in [1.807, 2.05) is 50.2 Å². The molecule has 0 fully saturated rings. The van der Waals surface area contributed by atoms with Crippen molar-refractivity contribution in [3.05, 3.63) is 106 Å². The van der Waals surface area contributed by atoms with Crippen LogP contribution in [0, 0.1) is 13.8 Å². The summed E-state index contributed by atoms with van der Waals surface area (Å²) in [5.41, 5.74) is 7.48. The largest absolute Gasteiger partial charge is 0.362 e. The van der Waals surface area contributed by atoms with Gasteiger partial charge in [0.1, 0.15) is 5.70 Å². The van der Waals surface area contributed by atoms with Gasteiger partial charge in [-0.3, -0.25) is 19.5 Å². The number of amides is 2. The first-order valence-electron chi connectivity index (χ1n) is 10.9. The molecule has 2 aliphatic heterocycles. The van der Waals surface area contributed by atoms with Crippen LogP contribution in [0.2, 0.25) is 0 Å². The van der Waals surface area contributed by atoms with Crippen molar-refractivity contribution < 1.29 is 9.59 Å². The zero-order valence-electron chi connectivity index (χ0n) is 18.3. The van der Waals surface area contributed by atoms with Crippen LogP contribution in [-0.2, 0) is 29.1 Å². The fourth-order valence-corrected chi connectivity index (χ4v) is 4.51. The lowest BCUT2D eigenvalue weighted by Gasteiger charge is -2.31. The first-order chi connectivity index (χ1) is 15.5. The number of pyridine rings is 1. The third-order valence-electron chi connectivity index (χ3n) is 6.48. The molecule has 0 saturated heterocycles. The van der Waals surface area contributed by atoms with Crippen LogP contribution >= 0.6 is 0 Å². The van der Waals surface area contributed by atoms with Crippen molar-refractivity contribution in [2.45, 2.75) is 33.4 Å². The second kappa shape index (κ2) is 8.08. The Hall–Kier alpha value is -3.73. The number of carbonyl (C=O) groups excluding carboxylic acids is 2. The fraction of sp³-hybridized carbons (Fsp3) is 0.222. The van der Waals surface area contributed by atoms with Gasteiger partial charge in [0.05, 0.1) is 12.1 Å². The predicted octanol–water partition coefficient (Wildman–Crippen LogP) is 4.04. The van der Waals surface area contributed by atoms with Gasteiger partial charge in [0.25, 0.3) is 11.8 Å². The summed E-state index contributed by atoms with van der Waals surface area (Å²) >= 11 is 0. The van der Waals surface area contributed by atoms with Crippen molar-refractivity contribution in [1.82, 2.24) is 14.8 Å². The van der Waals surface area contributed by atoms with Gasteiger partial charge in [-0.25, -0.2) is 0 Å². The van der Waals surface area contributed by atoms with E-state index < -0.39 is 0 Å². The highest BCUT2D eigenvalue weighted by Gasteiger charge is 2.42. The molecule has 2 aromatic carbocycles. The molecule has 5 heteroatoms. The first-order valence-corrected chi connectivity index (χ1v) is 10.9. The number of hydrogen-bond acceptors (Lipinski definition) is 4. The molecule has 160 valence electrons. The zero-order valence-corrected chi connectivity index (χ0v) is 18.3. The van der Waals surface area contributed by atoms with Gasteiger partial charge in [-0.1, -0.05) is 42.5 Å². The molecule has 2 amide bonds. The molecule has 0 radical (unpaired) electrons. The van der Waals surface area contributed by atoms with Crippen molar-refractivity contribution in [3.8, 4) is 0 Å². The maximum Gasteiger partial charge on any atom is 0.278 e. The molecule has 5 nitrogen and oxygen atoms in total. The van der Waals surface area contributed by atoms with Crippen molar-refractivity contribution in [3.63, 3.8) is 0 Å². The summed E-state index contributed by atoms with van der Waals surface area (Å²) in [5.74, 6) is -0.455. The van der Waals surface area contributed by atoms with E-state index >= 15 is 0 Å². The molecular formula is C27H25N3O2. The average Bonchev–Trinajstić information content (AvgIpc) is 3.06. The van der Waals surface area contributed by atoms with Gasteiger partial charge in [-0.05, 0) is 65.8 Å². The second-order valence-electron chi connectivity index (χ2n) is 8.51. The number of nitrogens with zero attached hydrogens (tertiary/aromatic N) is 3. The minimum absolute atomic E-state index is 0.223. The number of rotatable bonds is 4. The zero-order chi connectivity index (χ0) is 22.2. The minimum atomic E-state index is -0.232.